The second-order valence-electron chi connectivity index (χ2n) is 2.18. The fourth-order valence-corrected chi connectivity index (χ4v) is 1.53. The first-order valence-electron chi connectivity index (χ1n) is 3.49. The Kier molecular flexibility index (Phi) is 3.67. The summed E-state index contributed by atoms with van der Waals surface area (Å²) in [5, 5.41) is 0. The minimum atomic E-state index is 0.306. The van der Waals surface area contributed by atoms with Crippen LogP contribution < -0.4 is 0 Å². The zero-order valence-corrected chi connectivity index (χ0v) is 7.56. The van der Waals surface area contributed by atoms with Crippen LogP contribution in [0.25, 0.3) is 0 Å². The molecular weight excluding hydrogens is 172 g/mol. The first kappa shape index (κ1) is 9.13. The third-order valence-electron chi connectivity index (χ3n) is 1.48. The zero-order chi connectivity index (χ0) is 8.81. The third-order valence-corrected chi connectivity index (χ3v) is 2.32. The number of carbonyl (C=O) groups excluding carboxylic acids is 1. The summed E-state index contributed by atoms with van der Waals surface area (Å²) in [6.45, 7) is 1.71. The summed E-state index contributed by atoms with van der Waals surface area (Å²) < 4.78 is 4.54. The zero-order valence-electron chi connectivity index (χ0n) is 6.74. The molecule has 0 bridgehead atoms. The number of hydrogen-bond acceptors (Lipinski definition) is 3. The van der Waals surface area contributed by atoms with Gasteiger partial charge in [0.15, 0.2) is 0 Å². The number of benzene rings is 1. The Hall–Kier alpha value is -0.960. The molecule has 63 valence electrons. The third kappa shape index (κ3) is 2.27. The van der Waals surface area contributed by atoms with Crippen molar-refractivity contribution >= 4 is 18.2 Å². The van der Waals surface area contributed by atoms with Gasteiger partial charge >= 0.3 is 6.47 Å². The maximum atomic E-state index is 9.82. The van der Waals surface area contributed by atoms with Crippen molar-refractivity contribution in [3.05, 3.63) is 29.8 Å². The van der Waals surface area contributed by atoms with Gasteiger partial charge in [0.1, 0.15) is 6.61 Å². The van der Waals surface area contributed by atoms with Crippen LogP contribution in [-0.4, -0.2) is 12.7 Å². The molecule has 0 aliphatic rings. The lowest BCUT2D eigenvalue weighted by Crippen LogP contribution is -1.91. The molecule has 0 saturated carbocycles. The highest BCUT2D eigenvalue weighted by atomic mass is 32.2. The van der Waals surface area contributed by atoms with Gasteiger partial charge in [0, 0.05) is 10.5 Å². The molecule has 1 aromatic carbocycles. The van der Waals surface area contributed by atoms with Crippen molar-refractivity contribution in [2.24, 2.45) is 0 Å². The van der Waals surface area contributed by atoms with Gasteiger partial charge in [-0.15, -0.1) is 11.8 Å². The van der Waals surface area contributed by atoms with Gasteiger partial charge in [0.2, 0.25) is 0 Å². The van der Waals surface area contributed by atoms with E-state index < -0.39 is 0 Å². The van der Waals surface area contributed by atoms with Crippen LogP contribution in [0.4, 0.5) is 0 Å². The molecule has 0 fully saturated rings. The van der Waals surface area contributed by atoms with Gasteiger partial charge in [-0.3, -0.25) is 0 Å². The lowest BCUT2D eigenvalue weighted by molar-refractivity contribution is 0.265. The average Bonchev–Trinajstić information content (AvgIpc) is 2.15. The van der Waals surface area contributed by atoms with E-state index in [-0.39, 0.29) is 0 Å². The fraction of sp³-hybridized carbons (Fsp3) is 0.222. The number of thioether (sulfide) groups is 1. The molecule has 1 aromatic rings. The summed E-state index contributed by atoms with van der Waals surface area (Å²) in [6.07, 6.45) is 1.99. The van der Waals surface area contributed by atoms with E-state index >= 15 is 0 Å². The van der Waals surface area contributed by atoms with Crippen molar-refractivity contribution in [2.45, 2.75) is 11.5 Å². The quantitative estimate of drug-likeness (QED) is 0.664. The highest BCUT2D eigenvalue weighted by Gasteiger charge is 1.99. The molecule has 0 spiro atoms. The molecule has 0 N–H and O–H groups in total. The summed E-state index contributed by atoms with van der Waals surface area (Å²) in [4.78, 5) is 11.0. The number of hydrogen-bond donors (Lipinski definition) is 0. The van der Waals surface area contributed by atoms with Crippen LogP contribution in [0.5, 0.6) is 0 Å². The summed E-state index contributed by atoms with van der Waals surface area (Å²) in [6, 6.07) is 7.81. The second kappa shape index (κ2) is 4.83. The first-order chi connectivity index (χ1) is 5.88. The summed E-state index contributed by atoms with van der Waals surface area (Å²) >= 11 is 1.64. The normalized spacial score (nSPS) is 9.42. The van der Waals surface area contributed by atoms with Crippen molar-refractivity contribution in [3.8, 4) is 0 Å². The fourth-order valence-electron chi connectivity index (χ4n) is 0.929. The molecule has 1 radical (unpaired) electrons. The van der Waals surface area contributed by atoms with E-state index in [1.54, 1.807) is 11.8 Å². The van der Waals surface area contributed by atoms with Crippen molar-refractivity contribution in [1.29, 1.82) is 0 Å². The SMILES string of the molecule is CSc1ccccc1CO[C]=O. The Morgan fingerprint density at radius 2 is 2.25 bits per heavy atom. The molecular formula is C9H9O2S. The predicted molar refractivity (Wildman–Crippen MR) is 48.7 cm³/mol. The molecule has 0 atom stereocenters. The molecule has 3 heteroatoms. The van der Waals surface area contributed by atoms with Gasteiger partial charge in [0.05, 0.1) is 0 Å². The highest BCUT2D eigenvalue weighted by molar-refractivity contribution is 7.98. The first-order valence-corrected chi connectivity index (χ1v) is 4.71. The molecule has 0 unspecified atom stereocenters. The maximum absolute atomic E-state index is 9.82. The van der Waals surface area contributed by atoms with Crippen LogP contribution in [0, 0.1) is 0 Å². The Balaban J connectivity index is 2.74. The van der Waals surface area contributed by atoms with Gasteiger partial charge in [-0.1, -0.05) is 18.2 Å². The van der Waals surface area contributed by atoms with Crippen molar-refractivity contribution in [3.63, 3.8) is 0 Å². The molecule has 1 rings (SSSR count). The van der Waals surface area contributed by atoms with E-state index in [9.17, 15) is 4.79 Å². The number of rotatable bonds is 4. The van der Waals surface area contributed by atoms with Crippen molar-refractivity contribution in [1.82, 2.24) is 0 Å². The molecule has 0 aliphatic carbocycles. The minimum Gasteiger partial charge on any atom is -0.452 e. The van der Waals surface area contributed by atoms with Crippen LogP contribution in [0.15, 0.2) is 29.2 Å². The summed E-state index contributed by atoms with van der Waals surface area (Å²) in [5.41, 5.74) is 1.02. The van der Waals surface area contributed by atoms with E-state index in [1.165, 1.54) is 6.47 Å². The molecule has 12 heavy (non-hydrogen) atoms. The number of ether oxygens (including phenoxy) is 1. The van der Waals surface area contributed by atoms with Gasteiger partial charge in [-0.05, 0) is 12.3 Å². The Bertz CT molecular complexity index is 260. The Labute approximate surface area is 75.9 Å². The standard InChI is InChI=1S/C9H9O2S/c1-12-9-5-3-2-4-8(9)6-11-7-10/h2-5H,6H2,1H3. The van der Waals surface area contributed by atoms with Gasteiger partial charge < -0.3 is 4.74 Å². The maximum Gasteiger partial charge on any atom is 0.417 e. The van der Waals surface area contributed by atoms with Crippen molar-refractivity contribution < 1.29 is 9.53 Å². The highest BCUT2D eigenvalue weighted by Crippen LogP contribution is 2.19. The van der Waals surface area contributed by atoms with E-state index in [1.807, 2.05) is 30.5 Å². The van der Waals surface area contributed by atoms with E-state index in [0.717, 1.165) is 10.5 Å². The lowest BCUT2D eigenvalue weighted by atomic mass is 10.2. The topological polar surface area (TPSA) is 26.3 Å². The van der Waals surface area contributed by atoms with Crippen LogP contribution in [0.2, 0.25) is 0 Å². The van der Waals surface area contributed by atoms with Crippen LogP contribution >= 0.6 is 11.8 Å². The minimum absolute atomic E-state index is 0.306. The van der Waals surface area contributed by atoms with E-state index in [4.69, 9.17) is 0 Å². The van der Waals surface area contributed by atoms with Gasteiger partial charge in [0.25, 0.3) is 0 Å². The summed E-state index contributed by atoms with van der Waals surface area (Å²) in [5.74, 6) is 0. The average molecular weight is 181 g/mol. The molecule has 0 saturated heterocycles. The summed E-state index contributed by atoms with van der Waals surface area (Å²) in [7, 11) is 0. The second-order valence-corrected chi connectivity index (χ2v) is 3.03. The molecule has 0 amide bonds. The van der Waals surface area contributed by atoms with Crippen LogP contribution in [0.3, 0.4) is 0 Å². The molecule has 0 aliphatic heterocycles. The van der Waals surface area contributed by atoms with Crippen LogP contribution in [0.1, 0.15) is 5.56 Å². The monoisotopic (exact) mass is 181 g/mol. The molecule has 0 heterocycles. The van der Waals surface area contributed by atoms with E-state index in [0.29, 0.717) is 6.61 Å². The van der Waals surface area contributed by atoms with Crippen molar-refractivity contribution in [2.75, 3.05) is 6.26 Å². The smallest absolute Gasteiger partial charge is 0.417 e. The Morgan fingerprint density at radius 1 is 1.50 bits per heavy atom. The van der Waals surface area contributed by atoms with E-state index in [2.05, 4.69) is 4.74 Å². The molecule has 0 aromatic heterocycles. The lowest BCUT2D eigenvalue weighted by Gasteiger charge is -2.03. The Morgan fingerprint density at radius 3 is 2.92 bits per heavy atom. The van der Waals surface area contributed by atoms with Gasteiger partial charge in [-0.2, -0.15) is 0 Å². The van der Waals surface area contributed by atoms with Gasteiger partial charge in [-0.25, -0.2) is 4.79 Å². The van der Waals surface area contributed by atoms with Crippen LogP contribution in [-0.2, 0) is 16.1 Å². The predicted octanol–water partition coefficient (Wildman–Crippen LogP) is 1.99. The largest absolute Gasteiger partial charge is 0.452 e. The molecule has 2 nitrogen and oxygen atoms in total.